The summed E-state index contributed by atoms with van der Waals surface area (Å²) in [6, 6.07) is 13.2. The van der Waals surface area contributed by atoms with Crippen molar-refractivity contribution in [3.05, 3.63) is 65.7 Å². The van der Waals surface area contributed by atoms with Gasteiger partial charge in [0, 0.05) is 18.3 Å². The number of rotatable bonds is 7. The van der Waals surface area contributed by atoms with E-state index in [1.54, 1.807) is 0 Å². The lowest BCUT2D eigenvalue weighted by molar-refractivity contribution is -0.125. The molecule has 0 aliphatic heterocycles. The van der Waals surface area contributed by atoms with Crippen molar-refractivity contribution in [1.29, 1.82) is 0 Å². The van der Waals surface area contributed by atoms with Crippen molar-refractivity contribution in [1.82, 2.24) is 5.32 Å². The van der Waals surface area contributed by atoms with Crippen LogP contribution in [0.4, 0.5) is 14.5 Å². The van der Waals surface area contributed by atoms with E-state index in [9.17, 15) is 18.4 Å². The van der Waals surface area contributed by atoms with Crippen LogP contribution in [0.15, 0.2) is 48.5 Å². The topological polar surface area (TPSA) is 58.2 Å². The molecule has 2 N–H and O–H groups in total. The second kappa shape index (κ2) is 8.08. The summed E-state index contributed by atoms with van der Waals surface area (Å²) in [5.41, 5.74) is 1.40. The Morgan fingerprint density at radius 3 is 2.42 bits per heavy atom. The standard InChI is InChI=1S/C20H20F2N2O2/c21-17-9-8-14(11-18(17)22)24-20(26)16-12-15(16)19(25)23-10-4-7-13-5-2-1-3-6-13/h1-3,5-6,8-9,11,15-16H,4,7,10,12H2,(H,23,25)(H,24,26). The molecule has 0 heterocycles. The number of anilines is 1. The van der Waals surface area contributed by atoms with Crippen molar-refractivity contribution < 1.29 is 18.4 Å². The molecule has 4 nitrogen and oxygen atoms in total. The molecule has 1 aliphatic rings. The van der Waals surface area contributed by atoms with Gasteiger partial charge in [-0.1, -0.05) is 30.3 Å². The largest absolute Gasteiger partial charge is 0.356 e. The number of hydrogen-bond acceptors (Lipinski definition) is 2. The van der Waals surface area contributed by atoms with Crippen molar-refractivity contribution in [2.75, 3.05) is 11.9 Å². The van der Waals surface area contributed by atoms with E-state index in [-0.39, 0.29) is 23.4 Å². The fourth-order valence-electron chi connectivity index (χ4n) is 2.86. The van der Waals surface area contributed by atoms with Gasteiger partial charge in [-0.25, -0.2) is 8.78 Å². The lowest BCUT2D eigenvalue weighted by Crippen LogP contribution is -2.28. The number of hydrogen-bond donors (Lipinski definition) is 2. The summed E-state index contributed by atoms with van der Waals surface area (Å²) in [5.74, 6) is -3.24. The molecule has 2 aromatic carbocycles. The number of carbonyl (C=O) groups excluding carboxylic acids is 2. The molecule has 0 aromatic heterocycles. The van der Waals surface area contributed by atoms with E-state index >= 15 is 0 Å². The first-order chi connectivity index (χ1) is 12.5. The Bertz CT molecular complexity index is 796. The highest BCUT2D eigenvalue weighted by Gasteiger charge is 2.47. The SMILES string of the molecule is O=C(NCCCc1ccccc1)C1CC1C(=O)Nc1ccc(F)c(F)c1. The Morgan fingerprint density at radius 2 is 1.69 bits per heavy atom. The summed E-state index contributed by atoms with van der Waals surface area (Å²) in [4.78, 5) is 24.2. The Balaban J connectivity index is 1.39. The molecule has 136 valence electrons. The van der Waals surface area contributed by atoms with Crippen LogP contribution >= 0.6 is 0 Å². The molecule has 1 fully saturated rings. The second-order valence-electron chi connectivity index (χ2n) is 6.45. The van der Waals surface area contributed by atoms with Crippen molar-refractivity contribution >= 4 is 17.5 Å². The van der Waals surface area contributed by atoms with Gasteiger partial charge in [0.25, 0.3) is 0 Å². The number of amides is 2. The molecular formula is C20H20F2N2O2. The quantitative estimate of drug-likeness (QED) is 0.746. The molecule has 6 heteroatoms. The third-order valence-electron chi connectivity index (χ3n) is 4.44. The zero-order chi connectivity index (χ0) is 18.5. The Hall–Kier alpha value is -2.76. The average molecular weight is 358 g/mol. The highest BCUT2D eigenvalue weighted by Crippen LogP contribution is 2.39. The smallest absolute Gasteiger partial charge is 0.228 e. The molecule has 2 aromatic rings. The maximum absolute atomic E-state index is 13.2. The number of halogens is 2. The maximum Gasteiger partial charge on any atom is 0.228 e. The number of aryl methyl sites for hydroxylation is 1. The highest BCUT2D eigenvalue weighted by atomic mass is 19.2. The molecule has 2 unspecified atom stereocenters. The average Bonchev–Trinajstić information content (AvgIpc) is 3.44. The summed E-state index contributed by atoms with van der Waals surface area (Å²) in [6.45, 7) is 0.557. The lowest BCUT2D eigenvalue weighted by Gasteiger charge is -2.07. The molecule has 1 saturated carbocycles. The van der Waals surface area contributed by atoms with Crippen molar-refractivity contribution in [3.8, 4) is 0 Å². The van der Waals surface area contributed by atoms with Gasteiger partial charge in [0.1, 0.15) is 0 Å². The van der Waals surface area contributed by atoms with E-state index in [1.165, 1.54) is 11.6 Å². The lowest BCUT2D eigenvalue weighted by atomic mass is 10.1. The van der Waals surface area contributed by atoms with E-state index < -0.39 is 17.6 Å². The van der Waals surface area contributed by atoms with Crippen LogP contribution in [0.1, 0.15) is 18.4 Å². The van der Waals surface area contributed by atoms with Crippen LogP contribution in [0.5, 0.6) is 0 Å². The first kappa shape index (κ1) is 18.0. The third kappa shape index (κ3) is 4.65. The van der Waals surface area contributed by atoms with Crippen molar-refractivity contribution in [3.63, 3.8) is 0 Å². The van der Waals surface area contributed by atoms with Gasteiger partial charge in [0.2, 0.25) is 11.8 Å². The molecule has 0 radical (unpaired) electrons. The minimum absolute atomic E-state index is 0.136. The van der Waals surface area contributed by atoms with Gasteiger partial charge in [-0.15, -0.1) is 0 Å². The monoisotopic (exact) mass is 358 g/mol. The Labute approximate surface area is 150 Å². The fourth-order valence-corrected chi connectivity index (χ4v) is 2.86. The molecule has 1 aliphatic carbocycles. The van der Waals surface area contributed by atoms with Gasteiger partial charge in [-0.3, -0.25) is 9.59 Å². The van der Waals surface area contributed by atoms with Crippen LogP contribution in [-0.4, -0.2) is 18.4 Å². The van der Waals surface area contributed by atoms with Crippen LogP contribution in [0, 0.1) is 23.5 Å². The summed E-state index contributed by atoms with van der Waals surface area (Å²) in [7, 11) is 0. The van der Waals surface area contributed by atoms with Crippen molar-refractivity contribution in [2.45, 2.75) is 19.3 Å². The minimum Gasteiger partial charge on any atom is -0.356 e. The van der Waals surface area contributed by atoms with E-state index in [0.29, 0.717) is 13.0 Å². The second-order valence-corrected chi connectivity index (χ2v) is 6.45. The molecule has 2 atom stereocenters. The van der Waals surface area contributed by atoms with Crippen LogP contribution in [0.2, 0.25) is 0 Å². The molecule has 3 rings (SSSR count). The predicted molar refractivity (Wildman–Crippen MR) is 94.4 cm³/mol. The molecule has 0 spiro atoms. The van der Waals surface area contributed by atoms with Gasteiger partial charge < -0.3 is 10.6 Å². The molecule has 26 heavy (non-hydrogen) atoms. The van der Waals surface area contributed by atoms with E-state index in [2.05, 4.69) is 10.6 Å². The minimum atomic E-state index is -1.02. The van der Waals surface area contributed by atoms with Gasteiger partial charge >= 0.3 is 0 Å². The maximum atomic E-state index is 13.2. The summed E-state index contributed by atoms with van der Waals surface area (Å²) >= 11 is 0. The summed E-state index contributed by atoms with van der Waals surface area (Å²) in [5, 5.41) is 5.37. The predicted octanol–water partition coefficient (Wildman–Crippen LogP) is 3.29. The van der Waals surface area contributed by atoms with Crippen LogP contribution < -0.4 is 10.6 Å². The van der Waals surface area contributed by atoms with Crippen LogP contribution in [0.3, 0.4) is 0 Å². The van der Waals surface area contributed by atoms with Gasteiger partial charge in [0.05, 0.1) is 11.8 Å². The molecule has 2 amide bonds. The zero-order valence-electron chi connectivity index (χ0n) is 14.2. The van der Waals surface area contributed by atoms with Gasteiger partial charge in [0.15, 0.2) is 11.6 Å². The zero-order valence-corrected chi connectivity index (χ0v) is 14.2. The third-order valence-corrected chi connectivity index (χ3v) is 4.44. The van der Waals surface area contributed by atoms with Crippen molar-refractivity contribution in [2.24, 2.45) is 11.8 Å². The van der Waals surface area contributed by atoms with Crippen LogP contribution in [-0.2, 0) is 16.0 Å². The first-order valence-corrected chi connectivity index (χ1v) is 8.62. The van der Waals surface area contributed by atoms with Crippen LogP contribution in [0.25, 0.3) is 0 Å². The van der Waals surface area contributed by atoms with Gasteiger partial charge in [-0.05, 0) is 37.0 Å². The molecule has 0 saturated heterocycles. The Morgan fingerprint density at radius 1 is 0.962 bits per heavy atom. The van der Waals surface area contributed by atoms with E-state index in [0.717, 1.165) is 25.0 Å². The number of nitrogens with one attached hydrogen (secondary N) is 2. The molecular weight excluding hydrogens is 338 g/mol. The summed E-state index contributed by atoms with van der Waals surface area (Å²) in [6.07, 6.45) is 2.18. The highest BCUT2D eigenvalue weighted by molar-refractivity contribution is 5.99. The number of benzene rings is 2. The van der Waals surface area contributed by atoms with Gasteiger partial charge in [-0.2, -0.15) is 0 Å². The fraction of sp³-hybridized carbons (Fsp3) is 0.300. The normalized spacial score (nSPS) is 18.2. The van der Waals surface area contributed by atoms with E-state index in [1.807, 2.05) is 30.3 Å². The summed E-state index contributed by atoms with van der Waals surface area (Å²) < 4.78 is 26.0. The van der Waals surface area contributed by atoms with E-state index in [4.69, 9.17) is 0 Å². The Kier molecular flexibility index (Phi) is 5.61. The number of carbonyl (C=O) groups is 2. The first-order valence-electron chi connectivity index (χ1n) is 8.62. The molecule has 0 bridgehead atoms.